The van der Waals surface area contributed by atoms with E-state index >= 15 is 0 Å². The number of benzene rings is 1. The average molecular weight is 485 g/mol. The van der Waals surface area contributed by atoms with Crippen molar-refractivity contribution >= 4 is 21.7 Å². The SMILES string of the molecule is O=C(c1ccc(S(=O)(=O)C(F)(F)F)cc1)N1CCN(C(=O)C23CC4CC(CC(C4)C2)C3)CC1. The van der Waals surface area contributed by atoms with E-state index < -0.39 is 20.2 Å². The first-order valence-electron chi connectivity index (χ1n) is 11.5. The first-order chi connectivity index (χ1) is 15.5. The molecule has 1 saturated heterocycles. The van der Waals surface area contributed by atoms with Gasteiger partial charge in [-0.05, 0) is 80.5 Å². The van der Waals surface area contributed by atoms with Gasteiger partial charge in [0.2, 0.25) is 5.91 Å². The molecule has 4 saturated carbocycles. The van der Waals surface area contributed by atoms with Crippen LogP contribution in [-0.4, -0.2) is 61.7 Å². The number of amides is 2. The first-order valence-corrected chi connectivity index (χ1v) is 13.0. The number of nitrogens with zero attached hydrogens (tertiary/aromatic N) is 2. The van der Waals surface area contributed by atoms with Crippen LogP contribution in [0.3, 0.4) is 0 Å². The van der Waals surface area contributed by atoms with Gasteiger partial charge in [-0.3, -0.25) is 9.59 Å². The van der Waals surface area contributed by atoms with Crippen molar-refractivity contribution in [1.29, 1.82) is 0 Å². The van der Waals surface area contributed by atoms with Crippen LogP contribution in [0.25, 0.3) is 0 Å². The number of sulfone groups is 1. The molecule has 0 aromatic heterocycles. The minimum Gasteiger partial charge on any atom is -0.339 e. The summed E-state index contributed by atoms with van der Waals surface area (Å²) < 4.78 is 61.1. The van der Waals surface area contributed by atoms with Crippen LogP contribution in [0.5, 0.6) is 0 Å². The van der Waals surface area contributed by atoms with Crippen molar-refractivity contribution in [3.63, 3.8) is 0 Å². The fourth-order valence-corrected chi connectivity index (χ4v) is 7.68. The maximum atomic E-state index is 13.5. The molecule has 33 heavy (non-hydrogen) atoms. The summed E-state index contributed by atoms with van der Waals surface area (Å²) in [6.45, 7) is 1.57. The molecule has 1 aromatic rings. The van der Waals surface area contributed by atoms with Gasteiger partial charge in [-0.1, -0.05) is 0 Å². The van der Waals surface area contributed by atoms with Crippen molar-refractivity contribution in [2.24, 2.45) is 23.2 Å². The van der Waals surface area contributed by atoms with E-state index in [1.54, 1.807) is 4.90 Å². The van der Waals surface area contributed by atoms with Crippen molar-refractivity contribution in [3.05, 3.63) is 29.8 Å². The Morgan fingerprint density at radius 1 is 0.818 bits per heavy atom. The zero-order valence-corrected chi connectivity index (χ0v) is 19.0. The normalized spacial score (nSPS) is 31.7. The van der Waals surface area contributed by atoms with Gasteiger partial charge in [0.1, 0.15) is 0 Å². The lowest BCUT2D eigenvalue weighted by Gasteiger charge is -2.57. The van der Waals surface area contributed by atoms with Gasteiger partial charge in [0.05, 0.1) is 10.3 Å². The molecule has 1 aromatic carbocycles. The Kier molecular flexibility index (Phi) is 5.30. The molecule has 180 valence electrons. The minimum absolute atomic E-state index is 0.122. The van der Waals surface area contributed by atoms with Crippen molar-refractivity contribution in [2.45, 2.75) is 48.9 Å². The van der Waals surface area contributed by atoms with Crippen LogP contribution < -0.4 is 0 Å². The Balaban J connectivity index is 1.22. The smallest absolute Gasteiger partial charge is 0.339 e. The molecule has 4 bridgehead atoms. The number of halogens is 3. The summed E-state index contributed by atoms with van der Waals surface area (Å²) in [5.74, 6) is 1.87. The number of alkyl halides is 3. The third-order valence-electron chi connectivity index (χ3n) is 8.06. The molecule has 0 unspecified atom stereocenters. The van der Waals surface area contributed by atoms with Crippen molar-refractivity contribution < 1.29 is 31.2 Å². The zero-order chi connectivity index (χ0) is 23.6. The molecular weight excluding hydrogens is 457 g/mol. The Hall–Kier alpha value is -2.10. The second-order valence-corrected chi connectivity index (χ2v) is 12.2. The van der Waals surface area contributed by atoms with Gasteiger partial charge in [0.15, 0.2) is 0 Å². The largest absolute Gasteiger partial charge is 0.501 e. The Morgan fingerprint density at radius 3 is 1.73 bits per heavy atom. The molecular formula is C23H27F3N2O4S. The maximum Gasteiger partial charge on any atom is 0.501 e. The molecule has 6 rings (SSSR count). The number of hydrogen-bond acceptors (Lipinski definition) is 4. The number of hydrogen-bond donors (Lipinski definition) is 0. The summed E-state index contributed by atoms with van der Waals surface area (Å²) in [7, 11) is -5.45. The summed E-state index contributed by atoms with van der Waals surface area (Å²) in [6, 6.07) is 3.83. The predicted molar refractivity (Wildman–Crippen MR) is 113 cm³/mol. The zero-order valence-electron chi connectivity index (χ0n) is 18.2. The van der Waals surface area contributed by atoms with Crippen molar-refractivity contribution in [3.8, 4) is 0 Å². The van der Waals surface area contributed by atoms with Crippen molar-refractivity contribution in [1.82, 2.24) is 9.80 Å². The fourth-order valence-electron chi connectivity index (χ4n) is 6.91. The number of rotatable bonds is 3. The third-order valence-corrected chi connectivity index (χ3v) is 9.56. The third kappa shape index (κ3) is 3.84. The molecule has 5 aliphatic rings. The minimum atomic E-state index is -5.45. The van der Waals surface area contributed by atoms with Crippen LogP contribution in [0.4, 0.5) is 13.2 Å². The summed E-state index contributed by atoms with van der Waals surface area (Å²) in [5.41, 5.74) is -5.49. The van der Waals surface area contributed by atoms with E-state index in [1.807, 2.05) is 4.90 Å². The van der Waals surface area contributed by atoms with Crippen LogP contribution in [0.15, 0.2) is 29.2 Å². The van der Waals surface area contributed by atoms with Gasteiger partial charge < -0.3 is 9.80 Å². The molecule has 6 nitrogen and oxygen atoms in total. The molecule has 0 atom stereocenters. The van der Waals surface area contributed by atoms with Crippen molar-refractivity contribution in [2.75, 3.05) is 26.2 Å². The lowest BCUT2D eigenvalue weighted by Crippen LogP contribution is -2.58. The number of carbonyl (C=O) groups is 2. The van der Waals surface area contributed by atoms with Gasteiger partial charge >= 0.3 is 5.51 Å². The van der Waals surface area contributed by atoms with E-state index in [1.165, 1.54) is 19.3 Å². The van der Waals surface area contributed by atoms with E-state index in [2.05, 4.69) is 0 Å². The number of piperazine rings is 1. The standard InChI is InChI=1S/C23H27F3N2O4S/c24-23(25,26)33(31,32)19-3-1-18(2-4-19)20(29)27-5-7-28(8-6-27)21(30)22-12-15-9-16(13-22)11-17(10-15)14-22/h1-4,15-17H,5-14H2. The number of carbonyl (C=O) groups excluding carboxylic acids is 2. The van der Waals surface area contributed by atoms with Crippen LogP contribution in [-0.2, 0) is 14.6 Å². The Morgan fingerprint density at radius 2 is 1.27 bits per heavy atom. The topological polar surface area (TPSA) is 74.8 Å². The lowest BCUT2D eigenvalue weighted by molar-refractivity contribution is -0.159. The lowest BCUT2D eigenvalue weighted by atomic mass is 9.49. The first kappa shape index (κ1) is 22.7. The van der Waals surface area contributed by atoms with E-state index in [0.717, 1.165) is 43.5 Å². The van der Waals surface area contributed by atoms with Crippen LogP contribution in [0, 0.1) is 23.2 Å². The molecule has 0 radical (unpaired) electrons. The summed E-state index contributed by atoms with van der Waals surface area (Å²) in [5, 5.41) is 0. The highest BCUT2D eigenvalue weighted by molar-refractivity contribution is 7.92. The second kappa shape index (κ2) is 7.71. The van der Waals surface area contributed by atoms with Crippen LogP contribution in [0.2, 0.25) is 0 Å². The van der Waals surface area contributed by atoms with Gasteiger partial charge in [-0.25, -0.2) is 8.42 Å². The maximum absolute atomic E-state index is 13.5. The monoisotopic (exact) mass is 484 g/mol. The fraction of sp³-hybridized carbons (Fsp3) is 0.652. The van der Waals surface area contributed by atoms with Gasteiger partial charge in [-0.2, -0.15) is 13.2 Å². The van der Waals surface area contributed by atoms with Crippen LogP contribution >= 0.6 is 0 Å². The van der Waals surface area contributed by atoms with Gasteiger partial charge in [0.25, 0.3) is 15.7 Å². The molecule has 5 fully saturated rings. The van der Waals surface area contributed by atoms with E-state index in [-0.39, 0.29) is 22.8 Å². The van der Waals surface area contributed by atoms with Crippen LogP contribution in [0.1, 0.15) is 48.9 Å². The van der Waals surface area contributed by atoms with Gasteiger partial charge in [-0.15, -0.1) is 0 Å². The molecule has 1 heterocycles. The predicted octanol–water partition coefficient (Wildman–Crippen LogP) is 3.48. The van der Waals surface area contributed by atoms with E-state index in [0.29, 0.717) is 43.9 Å². The van der Waals surface area contributed by atoms with E-state index in [9.17, 15) is 31.2 Å². The average Bonchev–Trinajstić information content (AvgIpc) is 2.76. The Labute approximate surface area is 191 Å². The molecule has 4 aliphatic carbocycles. The summed E-state index contributed by atoms with van der Waals surface area (Å²) in [4.78, 5) is 28.9. The highest BCUT2D eigenvalue weighted by Crippen LogP contribution is 2.60. The molecule has 10 heteroatoms. The Bertz CT molecular complexity index is 1020. The highest BCUT2D eigenvalue weighted by Gasteiger charge is 2.55. The summed E-state index contributed by atoms with van der Waals surface area (Å²) in [6.07, 6.45) is 6.76. The van der Waals surface area contributed by atoms with Gasteiger partial charge in [0, 0.05) is 31.7 Å². The van der Waals surface area contributed by atoms with E-state index in [4.69, 9.17) is 0 Å². The molecule has 0 spiro atoms. The molecule has 1 aliphatic heterocycles. The molecule has 0 N–H and O–H groups in total. The quantitative estimate of drug-likeness (QED) is 0.659. The second-order valence-electron chi connectivity index (χ2n) is 10.3. The molecule has 2 amide bonds. The summed E-state index contributed by atoms with van der Waals surface area (Å²) >= 11 is 0. The highest BCUT2D eigenvalue weighted by atomic mass is 32.2.